The van der Waals surface area contributed by atoms with Crippen LogP contribution >= 0.6 is 0 Å². The predicted molar refractivity (Wildman–Crippen MR) is 84.3 cm³/mol. The summed E-state index contributed by atoms with van der Waals surface area (Å²) < 4.78 is 0. The van der Waals surface area contributed by atoms with E-state index in [0.717, 1.165) is 38.8 Å². The van der Waals surface area contributed by atoms with Crippen molar-refractivity contribution in [3.63, 3.8) is 0 Å². The van der Waals surface area contributed by atoms with Crippen LogP contribution < -0.4 is 5.32 Å². The summed E-state index contributed by atoms with van der Waals surface area (Å²) in [6.45, 7) is 4.67. The van der Waals surface area contributed by atoms with Gasteiger partial charge in [-0.25, -0.2) is 0 Å². The number of nitrogens with one attached hydrogen (secondary N) is 1. The fraction of sp³-hybridized carbons (Fsp3) is 0.875. The standard InChI is InChI=1S/C16H29N3O3/c1-3-13(6-7-17-2)19-8-4-5-12(16(19)22)9-15(21)18-10-14(20)11-18/h12-14,17,20H,3-11H2,1-2H3. The normalized spacial score (nSPS) is 24.3. The number of rotatable bonds is 7. The Balaban J connectivity index is 1.89. The lowest BCUT2D eigenvalue weighted by Gasteiger charge is -2.40. The van der Waals surface area contributed by atoms with Gasteiger partial charge in [-0.15, -0.1) is 0 Å². The second kappa shape index (κ2) is 7.92. The fourth-order valence-corrected chi connectivity index (χ4v) is 3.42. The summed E-state index contributed by atoms with van der Waals surface area (Å²) in [5, 5.41) is 12.4. The molecule has 0 spiro atoms. The largest absolute Gasteiger partial charge is 0.389 e. The molecule has 0 aliphatic carbocycles. The first-order chi connectivity index (χ1) is 10.6. The Morgan fingerprint density at radius 1 is 1.45 bits per heavy atom. The maximum Gasteiger partial charge on any atom is 0.226 e. The molecule has 0 saturated carbocycles. The van der Waals surface area contributed by atoms with E-state index in [0.29, 0.717) is 19.5 Å². The van der Waals surface area contributed by atoms with Gasteiger partial charge in [0.1, 0.15) is 0 Å². The van der Waals surface area contributed by atoms with E-state index in [-0.39, 0.29) is 29.9 Å². The van der Waals surface area contributed by atoms with Crippen molar-refractivity contribution in [1.29, 1.82) is 0 Å². The molecule has 126 valence electrons. The first-order valence-corrected chi connectivity index (χ1v) is 8.47. The maximum absolute atomic E-state index is 12.7. The van der Waals surface area contributed by atoms with E-state index < -0.39 is 0 Å². The monoisotopic (exact) mass is 311 g/mol. The van der Waals surface area contributed by atoms with Crippen LogP contribution in [0.3, 0.4) is 0 Å². The highest BCUT2D eigenvalue weighted by Gasteiger charge is 2.36. The molecule has 6 heteroatoms. The van der Waals surface area contributed by atoms with Crippen LogP contribution in [0.5, 0.6) is 0 Å². The third-order valence-electron chi connectivity index (χ3n) is 4.86. The molecule has 22 heavy (non-hydrogen) atoms. The highest BCUT2D eigenvalue weighted by molar-refractivity contribution is 5.86. The average molecular weight is 311 g/mol. The summed E-state index contributed by atoms with van der Waals surface area (Å²) >= 11 is 0. The minimum atomic E-state index is -0.381. The van der Waals surface area contributed by atoms with E-state index >= 15 is 0 Å². The minimum absolute atomic E-state index is 0.00812. The number of hydrogen-bond acceptors (Lipinski definition) is 4. The van der Waals surface area contributed by atoms with Gasteiger partial charge >= 0.3 is 0 Å². The molecule has 2 unspecified atom stereocenters. The molecule has 0 aromatic heterocycles. The van der Waals surface area contributed by atoms with E-state index in [2.05, 4.69) is 12.2 Å². The molecule has 2 aliphatic rings. The zero-order valence-corrected chi connectivity index (χ0v) is 13.8. The summed E-state index contributed by atoms with van der Waals surface area (Å²) in [7, 11) is 1.92. The molecule has 2 aliphatic heterocycles. The van der Waals surface area contributed by atoms with Gasteiger partial charge in [0.25, 0.3) is 0 Å². The molecule has 2 N–H and O–H groups in total. The molecule has 0 aromatic rings. The zero-order valence-electron chi connectivity index (χ0n) is 13.8. The Kier molecular flexibility index (Phi) is 6.20. The summed E-state index contributed by atoms with van der Waals surface area (Å²) in [4.78, 5) is 28.5. The third-order valence-corrected chi connectivity index (χ3v) is 4.86. The Hall–Kier alpha value is -1.14. The number of β-amino-alcohol motifs (C(OH)–C–C–N with tert-alkyl or cyclic N) is 1. The average Bonchev–Trinajstić information content (AvgIpc) is 2.48. The summed E-state index contributed by atoms with van der Waals surface area (Å²) in [5.41, 5.74) is 0. The molecular formula is C16H29N3O3. The Morgan fingerprint density at radius 3 is 2.77 bits per heavy atom. The van der Waals surface area contributed by atoms with Gasteiger partial charge in [-0.3, -0.25) is 9.59 Å². The second-order valence-corrected chi connectivity index (χ2v) is 6.48. The zero-order chi connectivity index (χ0) is 16.1. The Labute approximate surface area is 132 Å². The Morgan fingerprint density at radius 2 is 2.18 bits per heavy atom. The SMILES string of the molecule is CCC(CCNC)N1CCCC(CC(=O)N2CC(O)C2)C1=O. The minimum Gasteiger partial charge on any atom is -0.389 e. The van der Waals surface area contributed by atoms with E-state index in [1.807, 2.05) is 11.9 Å². The van der Waals surface area contributed by atoms with Gasteiger partial charge in [-0.1, -0.05) is 6.92 Å². The maximum atomic E-state index is 12.7. The lowest BCUT2D eigenvalue weighted by atomic mass is 9.90. The van der Waals surface area contributed by atoms with E-state index in [1.54, 1.807) is 4.90 Å². The first-order valence-electron chi connectivity index (χ1n) is 8.47. The van der Waals surface area contributed by atoms with Crippen molar-refractivity contribution in [2.75, 3.05) is 33.2 Å². The lowest BCUT2D eigenvalue weighted by Crippen LogP contribution is -2.55. The van der Waals surface area contributed by atoms with Gasteiger partial charge in [-0.05, 0) is 39.3 Å². The number of carbonyl (C=O) groups excluding carboxylic acids is 2. The molecule has 0 aromatic carbocycles. The highest BCUT2D eigenvalue weighted by Crippen LogP contribution is 2.26. The van der Waals surface area contributed by atoms with Crippen molar-refractivity contribution in [3.05, 3.63) is 0 Å². The smallest absolute Gasteiger partial charge is 0.226 e. The number of nitrogens with zero attached hydrogens (tertiary/aromatic N) is 2. The van der Waals surface area contributed by atoms with Gasteiger partial charge in [-0.2, -0.15) is 0 Å². The number of aliphatic hydroxyl groups excluding tert-OH is 1. The third kappa shape index (κ3) is 3.98. The number of hydrogen-bond donors (Lipinski definition) is 2. The van der Waals surface area contributed by atoms with Crippen LogP contribution in [0.4, 0.5) is 0 Å². The molecule has 2 atom stereocenters. The highest BCUT2D eigenvalue weighted by atomic mass is 16.3. The summed E-state index contributed by atoms with van der Waals surface area (Å²) in [5.74, 6) is -0.0278. The van der Waals surface area contributed by atoms with Gasteiger partial charge in [0, 0.05) is 38.0 Å². The van der Waals surface area contributed by atoms with Gasteiger partial charge in [0.15, 0.2) is 0 Å². The van der Waals surface area contributed by atoms with Gasteiger partial charge < -0.3 is 20.2 Å². The number of aliphatic hydroxyl groups is 1. The van der Waals surface area contributed by atoms with Crippen LogP contribution in [-0.2, 0) is 9.59 Å². The van der Waals surface area contributed by atoms with Crippen LogP contribution in [0.1, 0.15) is 39.0 Å². The number of piperidine rings is 1. The molecule has 2 saturated heterocycles. The molecule has 2 fully saturated rings. The van der Waals surface area contributed by atoms with Crippen molar-refractivity contribution in [3.8, 4) is 0 Å². The molecular weight excluding hydrogens is 282 g/mol. The van der Waals surface area contributed by atoms with E-state index in [4.69, 9.17) is 0 Å². The molecule has 2 amide bonds. The molecule has 0 radical (unpaired) electrons. The van der Waals surface area contributed by atoms with Crippen molar-refractivity contribution in [1.82, 2.24) is 15.1 Å². The van der Waals surface area contributed by atoms with Crippen LogP contribution in [0.15, 0.2) is 0 Å². The topological polar surface area (TPSA) is 72.9 Å². The van der Waals surface area contributed by atoms with Crippen molar-refractivity contribution in [2.24, 2.45) is 5.92 Å². The van der Waals surface area contributed by atoms with Gasteiger partial charge in [0.05, 0.1) is 6.10 Å². The van der Waals surface area contributed by atoms with Crippen LogP contribution in [0.25, 0.3) is 0 Å². The molecule has 2 rings (SSSR count). The van der Waals surface area contributed by atoms with Crippen LogP contribution in [-0.4, -0.2) is 72.1 Å². The number of carbonyl (C=O) groups is 2. The predicted octanol–water partition coefficient (Wildman–Crippen LogP) is 0.206. The molecule has 6 nitrogen and oxygen atoms in total. The van der Waals surface area contributed by atoms with Crippen molar-refractivity contribution < 1.29 is 14.7 Å². The summed E-state index contributed by atoms with van der Waals surface area (Å²) in [6.07, 6.45) is 3.60. The van der Waals surface area contributed by atoms with Gasteiger partial charge in [0.2, 0.25) is 11.8 Å². The van der Waals surface area contributed by atoms with Crippen molar-refractivity contribution >= 4 is 11.8 Å². The van der Waals surface area contributed by atoms with E-state index in [1.165, 1.54) is 0 Å². The molecule has 0 bridgehead atoms. The van der Waals surface area contributed by atoms with E-state index in [9.17, 15) is 14.7 Å². The fourth-order valence-electron chi connectivity index (χ4n) is 3.42. The quantitative estimate of drug-likeness (QED) is 0.705. The number of amides is 2. The summed E-state index contributed by atoms with van der Waals surface area (Å²) in [6, 6.07) is 0.267. The van der Waals surface area contributed by atoms with Crippen LogP contribution in [0.2, 0.25) is 0 Å². The number of likely N-dealkylation sites (tertiary alicyclic amines) is 2. The Bertz CT molecular complexity index is 396. The van der Waals surface area contributed by atoms with Crippen molar-refractivity contribution in [2.45, 2.75) is 51.2 Å². The molecule has 2 heterocycles. The first kappa shape index (κ1) is 17.2. The lowest BCUT2D eigenvalue weighted by molar-refractivity contribution is -0.149. The second-order valence-electron chi connectivity index (χ2n) is 6.48. The van der Waals surface area contributed by atoms with Crippen LogP contribution in [0, 0.1) is 5.92 Å².